The molecule has 0 bridgehead atoms. The summed E-state index contributed by atoms with van der Waals surface area (Å²) in [7, 11) is -1.92. The number of carbonyl (C=O) groups excluding carboxylic acids is 1. The fourth-order valence-electron chi connectivity index (χ4n) is 2.76. The van der Waals surface area contributed by atoms with Crippen molar-refractivity contribution in [1.29, 1.82) is 0 Å². The molecular formula is C15H20N4O3S2. The normalized spacial score (nSPS) is 19.3. The average molecular weight is 368 g/mol. The summed E-state index contributed by atoms with van der Waals surface area (Å²) >= 11 is 1.58. The van der Waals surface area contributed by atoms with Crippen LogP contribution in [0.1, 0.15) is 17.7 Å². The van der Waals surface area contributed by atoms with Crippen LogP contribution in [0.15, 0.2) is 35.1 Å². The minimum absolute atomic E-state index is 0.0321. The Morgan fingerprint density at radius 1 is 1.50 bits per heavy atom. The Morgan fingerprint density at radius 3 is 3.00 bits per heavy atom. The number of piperidine rings is 1. The number of rotatable bonds is 5. The number of amides is 1. The van der Waals surface area contributed by atoms with E-state index in [0.29, 0.717) is 25.9 Å². The fourth-order valence-corrected chi connectivity index (χ4v) is 4.90. The zero-order valence-corrected chi connectivity index (χ0v) is 15.0. The summed E-state index contributed by atoms with van der Waals surface area (Å²) < 4.78 is 28.2. The second kappa shape index (κ2) is 7.04. The van der Waals surface area contributed by atoms with Crippen molar-refractivity contribution < 1.29 is 13.2 Å². The maximum Gasteiger partial charge on any atom is 0.262 e. The molecule has 130 valence electrons. The molecule has 0 saturated carbocycles. The number of thiophene rings is 1. The van der Waals surface area contributed by atoms with Crippen molar-refractivity contribution in [1.82, 2.24) is 19.2 Å². The Balaban J connectivity index is 1.64. The van der Waals surface area contributed by atoms with Crippen LogP contribution in [0.3, 0.4) is 0 Å². The van der Waals surface area contributed by atoms with Gasteiger partial charge >= 0.3 is 0 Å². The maximum absolute atomic E-state index is 12.6. The molecule has 3 rings (SSSR count). The van der Waals surface area contributed by atoms with Gasteiger partial charge in [0, 0.05) is 31.2 Å². The predicted molar refractivity (Wildman–Crippen MR) is 90.9 cm³/mol. The first-order valence-corrected chi connectivity index (χ1v) is 10.1. The van der Waals surface area contributed by atoms with Gasteiger partial charge in [-0.1, -0.05) is 6.07 Å². The molecule has 0 radical (unpaired) electrons. The van der Waals surface area contributed by atoms with E-state index in [9.17, 15) is 13.2 Å². The molecule has 0 spiro atoms. The van der Waals surface area contributed by atoms with Crippen molar-refractivity contribution >= 4 is 27.3 Å². The molecule has 24 heavy (non-hydrogen) atoms. The summed E-state index contributed by atoms with van der Waals surface area (Å²) in [6.45, 7) is 1.11. The van der Waals surface area contributed by atoms with Gasteiger partial charge in [-0.15, -0.1) is 11.3 Å². The van der Waals surface area contributed by atoms with Crippen molar-refractivity contribution in [2.75, 3.05) is 13.1 Å². The van der Waals surface area contributed by atoms with Gasteiger partial charge in [0.05, 0.1) is 18.8 Å². The summed E-state index contributed by atoms with van der Waals surface area (Å²) in [5.41, 5.74) is 0. The van der Waals surface area contributed by atoms with Crippen LogP contribution in [-0.2, 0) is 28.4 Å². The molecule has 1 aliphatic heterocycles. The molecule has 1 unspecified atom stereocenters. The molecule has 1 saturated heterocycles. The third-order valence-electron chi connectivity index (χ3n) is 4.06. The molecular weight excluding hydrogens is 348 g/mol. The molecule has 1 N–H and O–H groups in total. The largest absolute Gasteiger partial charge is 0.351 e. The van der Waals surface area contributed by atoms with Crippen LogP contribution in [0.5, 0.6) is 0 Å². The topological polar surface area (TPSA) is 84.3 Å². The van der Waals surface area contributed by atoms with Gasteiger partial charge in [0.15, 0.2) is 5.03 Å². The first-order valence-electron chi connectivity index (χ1n) is 7.75. The molecule has 0 aromatic carbocycles. The van der Waals surface area contributed by atoms with Crippen LogP contribution >= 0.6 is 11.3 Å². The van der Waals surface area contributed by atoms with Gasteiger partial charge < -0.3 is 9.88 Å². The van der Waals surface area contributed by atoms with E-state index in [1.54, 1.807) is 23.0 Å². The Morgan fingerprint density at radius 2 is 2.33 bits per heavy atom. The quantitative estimate of drug-likeness (QED) is 0.859. The first-order chi connectivity index (χ1) is 11.5. The van der Waals surface area contributed by atoms with E-state index in [2.05, 4.69) is 10.3 Å². The Labute approximate surface area is 145 Å². The number of aryl methyl sites for hydroxylation is 1. The molecule has 2 aromatic heterocycles. The second-order valence-electron chi connectivity index (χ2n) is 5.88. The van der Waals surface area contributed by atoms with Gasteiger partial charge in [-0.25, -0.2) is 13.4 Å². The molecule has 1 aliphatic rings. The number of sulfonamides is 1. The molecule has 1 amide bonds. The lowest BCUT2D eigenvalue weighted by Gasteiger charge is -2.30. The molecule has 2 aromatic rings. The Bertz CT molecular complexity index is 799. The lowest BCUT2D eigenvalue weighted by atomic mass is 9.99. The van der Waals surface area contributed by atoms with Gasteiger partial charge in [0.1, 0.15) is 0 Å². The Hall–Kier alpha value is -1.71. The second-order valence-corrected chi connectivity index (χ2v) is 8.79. The minimum atomic E-state index is -3.64. The monoisotopic (exact) mass is 368 g/mol. The van der Waals surface area contributed by atoms with Crippen LogP contribution in [0.2, 0.25) is 0 Å². The Kier molecular flexibility index (Phi) is 5.02. The van der Waals surface area contributed by atoms with E-state index in [1.165, 1.54) is 16.8 Å². The number of nitrogens with one attached hydrogen (secondary N) is 1. The van der Waals surface area contributed by atoms with Crippen LogP contribution in [0, 0.1) is 5.92 Å². The van der Waals surface area contributed by atoms with Gasteiger partial charge in [-0.3, -0.25) is 4.79 Å². The number of imidazole rings is 1. The third kappa shape index (κ3) is 3.68. The van der Waals surface area contributed by atoms with Gasteiger partial charge in [0.25, 0.3) is 10.0 Å². The lowest BCUT2D eigenvalue weighted by molar-refractivity contribution is -0.126. The highest BCUT2D eigenvalue weighted by Gasteiger charge is 2.34. The van der Waals surface area contributed by atoms with E-state index in [-0.39, 0.29) is 23.4 Å². The maximum atomic E-state index is 12.6. The highest BCUT2D eigenvalue weighted by Crippen LogP contribution is 2.23. The number of carbonyl (C=O) groups is 1. The van der Waals surface area contributed by atoms with E-state index < -0.39 is 10.0 Å². The molecule has 0 aliphatic carbocycles. The van der Waals surface area contributed by atoms with Crippen molar-refractivity contribution in [3.63, 3.8) is 0 Å². The van der Waals surface area contributed by atoms with E-state index in [0.717, 1.165) is 4.88 Å². The average Bonchev–Trinajstić information content (AvgIpc) is 3.24. The minimum Gasteiger partial charge on any atom is -0.351 e. The molecule has 9 heteroatoms. The number of hydrogen-bond donors (Lipinski definition) is 1. The van der Waals surface area contributed by atoms with Gasteiger partial charge in [-0.05, 0) is 24.3 Å². The van der Waals surface area contributed by atoms with E-state index >= 15 is 0 Å². The number of aromatic nitrogens is 2. The molecule has 1 fully saturated rings. The summed E-state index contributed by atoms with van der Waals surface area (Å²) in [6.07, 6.45) is 4.31. The highest BCUT2D eigenvalue weighted by atomic mass is 32.2. The highest BCUT2D eigenvalue weighted by molar-refractivity contribution is 7.89. The molecule has 7 nitrogen and oxygen atoms in total. The molecule has 1 atom stereocenters. The van der Waals surface area contributed by atoms with Crippen molar-refractivity contribution in [3.8, 4) is 0 Å². The molecule has 3 heterocycles. The zero-order chi connectivity index (χ0) is 17.2. The van der Waals surface area contributed by atoms with Crippen molar-refractivity contribution in [2.45, 2.75) is 24.4 Å². The van der Waals surface area contributed by atoms with Crippen LogP contribution in [-0.4, -0.2) is 41.3 Å². The SMILES string of the molecule is Cn1cnc(S(=O)(=O)N2CCCC(C(=O)NCc3cccs3)C2)c1. The van der Waals surface area contributed by atoms with Gasteiger partial charge in [0.2, 0.25) is 5.91 Å². The number of nitrogens with zero attached hydrogens (tertiary/aromatic N) is 3. The standard InChI is InChI=1S/C15H20N4O3S2/c1-18-10-14(17-11-18)24(21,22)19-6-2-4-12(9-19)15(20)16-8-13-5-3-7-23-13/h3,5,7,10-12H,2,4,6,8-9H2,1H3,(H,16,20). The number of hydrogen-bond acceptors (Lipinski definition) is 5. The summed E-state index contributed by atoms with van der Waals surface area (Å²) in [4.78, 5) is 17.4. The van der Waals surface area contributed by atoms with E-state index in [1.807, 2.05) is 17.5 Å². The summed E-state index contributed by atoms with van der Waals surface area (Å²) in [6, 6.07) is 3.90. The van der Waals surface area contributed by atoms with E-state index in [4.69, 9.17) is 0 Å². The zero-order valence-electron chi connectivity index (χ0n) is 13.4. The summed E-state index contributed by atoms with van der Waals surface area (Å²) in [5, 5.41) is 4.89. The smallest absolute Gasteiger partial charge is 0.262 e. The predicted octanol–water partition coefficient (Wildman–Crippen LogP) is 1.20. The fraction of sp³-hybridized carbons (Fsp3) is 0.467. The van der Waals surface area contributed by atoms with Crippen molar-refractivity contribution in [3.05, 3.63) is 34.9 Å². The van der Waals surface area contributed by atoms with Gasteiger partial charge in [-0.2, -0.15) is 4.31 Å². The van der Waals surface area contributed by atoms with Crippen LogP contribution in [0.4, 0.5) is 0 Å². The van der Waals surface area contributed by atoms with Crippen LogP contribution < -0.4 is 5.32 Å². The first kappa shape index (κ1) is 17.1. The summed E-state index contributed by atoms with van der Waals surface area (Å²) in [5.74, 6) is -0.415. The van der Waals surface area contributed by atoms with Crippen LogP contribution in [0.25, 0.3) is 0 Å². The lowest BCUT2D eigenvalue weighted by Crippen LogP contribution is -2.45. The third-order valence-corrected chi connectivity index (χ3v) is 6.68. The van der Waals surface area contributed by atoms with Crippen molar-refractivity contribution in [2.24, 2.45) is 13.0 Å².